The Hall–Kier alpha value is -2.54. The van der Waals surface area contributed by atoms with Crippen molar-refractivity contribution in [3.63, 3.8) is 0 Å². The molecule has 0 radical (unpaired) electrons. The van der Waals surface area contributed by atoms with Crippen LogP contribution in [0.2, 0.25) is 0 Å². The Bertz CT molecular complexity index is 687. The van der Waals surface area contributed by atoms with Gasteiger partial charge in [-0.05, 0) is 41.9 Å². The van der Waals surface area contributed by atoms with E-state index in [2.05, 4.69) is 25.5 Å². The molecule has 0 amide bonds. The standard InChI is InChI=1S/C14H17N7/c15-7-2-1-6-14-16-9-13(18-14)11-4-3-5-12(8-11)21-10-17-19-20-21/h3-5,8-10H,1-2,6-7,15H2,(H,16,18). The van der Waals surface area contributed by atoms with Crippen LogP contribution in [0.4, 0.5) is 0 Å². The van der Waals surface area contributed by atoms with Crippen LogP contribution in [-0.2, 0) is 6.42 Å². The highest BCUT2D eigenvalue weighted by Crippen LogP contribution is 2.20. The second-order valence-electron chi connectivity index (χ2n) is 4.79. The quantitative estimate of drug-likeness (QED) is 0.665. The maximum Gasteiger partial charge on any atom is 0.143 e. The molecule has 21 heavy (non-hydrogen) atoms. The Morgan fingerprint density at radius 3 is 3.00 bits per heavy atom. The number of unbranched alkanes of at least 4 members (excludes halogenated alkanes) is 1. The number of aryl methyl sites for hydroxylation is 1. The van der Waals surface area contributed by atoms with E-state index in [0.717, 1.165) is 48.6 Å². The van der Waals surface area contributed by atoms with Gasteiger partial charge in [-0.3, -0.25) is 0 Å². The van der Waals surface area contributed by atoms with E-state index in [-0.39, 0.29) is 0 Å². The largest absolute Gasteiger partial charge is 0.342 e. The first-order valence-electron chi connectivity index (χ1n) is 6.94. The van der Waals surface area contributed by atoms with Gasteiger partial charge < -0.3 is 10.7 Å². The van der Waals surface area contributed by atoms with E-state index < -0.39 is 0 Å². The number of H-pyrrole nitrogens is 1. The summed E-state index contributed by atoms with van der Waals surface area (Å²) in [6, 6.07) is 7.98. The topological polar surface area (TPSA) is 98.3 Å². The molecule has 2 aromatic heterocycles. The van der Waals surface area contributed by atoms with Crippen molar-refractivity contribution in [3.05, 3.63) is 42.6 Å². The van der Waals surface area contributed by atoms with Gasteiger partial charge in [-0.15, -0.1) is 5.10 Å². The average molecular weight is 283 g/mol. The second-order valence-corrected chi connectivity index (χ2v) is 4.79. The van der Waals surface area contributed by atoms with Gasteiger partial charge in [-0.25, -0.2) is 9.67 Å². The van der Waals surface area contributed by atoms with Crippen molar-refractivity contribution in [1.29, 1.82) is 0 Å². The molecule has 1 aromatic carbocycles. The van der Waals surface area contributed by atoms with E-state index in [4.69, 9.17) is 5.73 Å². The van der Waals surface area contributed by atoms with Crippen LogP contribution < -0.4 is 5.73 Å². The fourth-order valence-electron chi connectivity index (χ4n) is 2.17. The minimum atomic E-state index is 0.724. The summed E-state index contributed by atoms with van der Waals surface area (Å²) in [4.78, 5) is 7.76. The lowest BCUT2D eigenvalue weighted by Gasteiger charge is -2.02. The van der Waals surface area contributed by atoms with Crippen molar-refractivity contribution < 1.29 is 0 Å². The number of aromatic nitrogens is 6. The summed E-state index contributed by atoms with van der Waals surface area (Å²) in [5, 5.41) is 11.2. The molecular weight excluding hydrogens is 266 g/mol. The molecule has 3 N–H and O–H groups in total. The van der Waals surface area contributed by atoms with Gasteiger partial charge in [0.05, 0.1) is 17.6 Å². The third kappa shape index (κ3) is 3.14. The van der Waals surface area contributed by atoms with Crippen LogP contribution in [0, 0.1) is 0 Å². The average Bonchev–Trinajstić information content (AvgIpc) is 3.20. The number of aromatic amines is 1. The van der Waals surface area contributed by atoms with Crippen molar-refractivity contribution in [2.75, 3.05) is 6.54 Å². The summed E-state index contributed by atoms with van der Waals surface area (Å²) >= 11 is 0. The second kappa shape index (κ2) is 6.27. The number of hydrogen-bond acceptors (Lipinski definition) is 5. The normalized spacial score (nSPS) is 10.9. The van der Waals surface area contributed by atoms with Crippen molar-refractivity contribution in [1.82, 2.24) is 30.2 Å². The first-order valence-corrected chi connectivity index (χ1v) is 6.94. The highest BCUT2D eigenvalue weighted by molar-refractivity contribution is 5.61. The van der Waals surface area contributed by atoms with Gasteiger partial charge in [0.1, 0.15) is 12.2 Å². The zero-order valence-electron chi connectivity index (χ0n) is 11.6. The fraction of sp³-hybridized carbons (Fsp3) is 0.286. The lowest BCUT2D eigenvalue weighted by Crippen LogP contribution is -1.99. The molecule has 0 bridgehead atoms. The lowest BCUT2D eigenvalue weighted by molar-refractivity contribution is 0.723. The molecule has 7 nitrogen and oxygen atoms in total. The van der Waals surface area contributed by atoms with Crippen molar-refractivity contribution >= 4 is 0 Å². The van der Waals surface area contributed by atoms with Crippen molar-refractivity contribution in [2.24, 2.45) is 5.73 Å². The summed E-state index contributed by atoms with van der Waals surface area (Å²) in [7, 11) is 0. The molecule has 3 rings (SSSR count). The predicted molar refractivity (Wildman–Crippen MR) is 78.7 cm³/mol. The zero-order valence-corrected chi connectivity index (χ0v) is 11.6. The lowest BCUT2D eigenvalue weighted by atomic mass is 10.1. The van der Waals surface area contributed by atoms with Gasteiger partial charge >= 0.3 is 0 Å². The Morgan fingerprint density at radius 2 is 2.19 bits per heavy atom. The molecule has 108 valence electrons. The molecule has 0 atom stereocenters. The third-order valence-corrected chi connectivity index (χ3v) is 3.27. The maximum absolute atomic E-state index is 5.50. The van der Waals surface area contributed by atoms with Crippen LogP contribution in [0.25, 0.3) is 16.9 Å². The monoisotopic (exact) mass is 283 g/mol. The number of tetrazole rings is 1. The molecule has 3 aromatic rings. The van der Waals surface area contributed by atoms with Gasteiger partial charge in [0.2, 0.25) is 0 Å². The molecule has 0 saturated carbocycles. The molecule has 0 aliphatic rings. The minimum Gasteiger partial charge on any atom is -0.342 e. The Kier molecular flexibility index (Phi) is 4.02. The van der Waals surface area contributed by atoms with E-state index in [1.165, 1.54) is 0 Å². The van der Waals surface area contributed by atoms with Gasteiger partial charge in [0.15, 0.2) is 0 Å². The molecular formula is C14H17N7. The number of nitrogens with two attached hydrogens (primary N) is 1. The summed E-state index contributed by atoms with van der Waals surface area (Å²) in [6.07, 6.45) is 6.42. The van der Waals surface area contributed by atoms with Gasteiger partial charge in [0, 0.05) is 12.0 Å². The Labute approximate surface area is 122 Å². The fourth-order valence-corrected chi connectivity index (χ4v) is 2.17. The van der Waals surface area contributed by atoms with E-state index >= 15 is 0 Å². The molecule has 7 heteroatoms. The van der Waals surface area contributed by atoms with Crippen LogP contribution in [0.1, 0.15) is 18.7 Å². The Balaban J connectivity index is 1.79. The Morgan fingerprint density at radius 1 is 1.24 bits per heavy atom. The van der Waals surface area contributed by atoms with Gasteiger partial charge in [0.25, 0.3) is 0 Å². The van der Waals surface area contributed by atoms with Gasteiger partial charge in [-0.1, -0.05) is 12.1 Å². The number of hydrogen-bond donors (Lipinski definition) is 2. The predicted octanol–water partition coefficient (Wildman–Crippen LogP) is 1.33. The smallest absolute Gasteiger partial charge is 0.143 e. The molecule has 0 unspecified atom stereocenters. The first-order chi connectivity index (χ1) is 10.4. The van der Waals surface area contributed by atoms with E-state index in [1.54, 1.807) is 11.0 Å². The van der Waals surface area contributed by atoms with E-state index in [0.29, 0.717) is 0 Å². The molecule has 2 heterocycles. The molecule has 0 fully saturated rings. The highest BCUT2D eigenvalue weighted by Gasteiger charge is 2.05. The molecule has 0 aliphatic heterocycles. The molecule has 0 aliphatic carbocycles. The summed E-state index contributed by atoms with van der Waals surface area (Å²) in [5.74, 6) is 0.992. The van der Waals surface area contributed by atoms with Crippen molar-refractivity contribution in [3.8, 4) is 16.9 Å². The van der Waals surface area contributed by atoms with Gasteiger partial charge in [-0.2, -0.15) is 0 Å². The van der Waals surface area contributed by atoms with Crippen LogP contribution in [0.5, 0.6) is 0 Å². The maximum atomic E-state index is 5.50. The number of imidazole rings is 1. The number of benzene rings is 1. The summed E-state index contributed by atoms with van der Waals surface area (Å²) in [6.45, 7) is 0.724. The molecule has 0 spiro atoms. The zero-order chi connectivity index (χ0) is 14.5. The first kappa shape index (κ1) is 13.4. The van der Waals surface area contributed by atoms with Crippen molar-refractivity contribution in [2.45, 2.75) is 19.3 Å². The van der Waals surface area contributed by atoms with E-state index in [9.17, 15) is 0 Å². The highest BCUT2D eigenvalue weighted by atomic mass is 15.5. The minimum absolute atomic E-state index is 0.724. The number of nitrogens with zero attached hydrogens (tertiary/aromatic N) is 5. The SMILES string of the molecule is NCCCCc1ncc(-c2cccc(-n3cnnn3)c2)[nH]1. The van der Waals surface area contributed by atoms with Crippen LogP contribution >= 0.6 is 0 Å². The van der Waals surface area contributed by atoms with E-state index in [1.807, 2.05) is 30.5 Å². The van der Waals surface area contributed by atoms with Crippen LogP contribution in [0.15, 0.2) is 36.8 Å². The van der Waals surface area contributed by atoms with Crippen LogP contribution in [0.3, 0.4) is 0 Å². The summed E-state index contributed by atoms with van der Waals surface area (Å²) < 4.78 is 1.63. The molecule has 0 saturated heterocycles. The number of rotatable bonds is 6. The summed E-state index contributed by atoms with van der Waals surface area (Å²) in [5.41, 5.74) is 8.47. The van der Waals surface area contributed by atoms with Crippen LogP contribution in [-0.4, -0.2) is 36.7 Å². The number of nitrogens with one attached hydrogen (secondary N) is 1. The third-order valence-electron chi connectivity index (χ3n) is 3.27.